The number of benzene rings is 2. The molecule has 0 N–H and O–H groups in total. The minimum absolute atomic E-state index is 1.05. The van der Waals surface area contributed by atoms with Crippen molar-refractivity contribution in [3.05, 3.63) is 60.8 Å². The maximum atomic E-state index is 4.75. The van der Waals surface area contributed by atoms with Gasteiger partial charge in [-0.2, -0.15) is 0 Å². The normalized spacial score (nSPS) is 11.4. The van der Waals surface area contributed by atoms with E-state index < -0.39 is 0 Å². The second kappa shape index (κ2) is 5.18. The summed E-state index contributed by atoms with van der Waals surface area (Å²) in [6, 6.07) is 19.0. The van der Waals surface area contributed by atoms with Crippen LogP contribution >= 0.6 is 11.8 Å². The maximum Gasteiger partial charge on any atom is 0.141 e. The minimum Gasteiger partial charge on any atom is -0.328 e. The lowest BCUT2D eigenvalue weighted by atomic mass is 10.1. The third kappa shape index (κ3) is 1.86. The van der Waals surface area contributed by atoms with Crippen molar-refractivity contribution in [2.75, 3.05) is 6.26 Å². The van der Waals surface area contributed by atoms with Crippen LogP contribution in [0.5, 0.6) is 0 Å². The highest BCUT2D eigenvalue weighted by Crippen LogP contribution is 2.39. The van der Waals surface area contributed by atoms with Crippen molar-refractivity contribution >= 4 is 33.7 Å². The van der Waals surface area contributed by atoms with E-state index in [1.807, 2.05) is 12.3 Å². The third-order valence-corrected chi connectivity index (χ3v) is 4.98. The van der Waals surface area contributed by atoms with Crippen molar-refractivity contribution in [2.24, 2.45) is 7.05 Å². The topological polar surface area (TPSA) is 17.8 Å². The molecule has 0 aliphatic rings. The fourth-order valence-corrected chi connectivity index (χ4v) is 3.90. The second-order valence-electron chi connectivity index (χ2n) is 5.35. The minimum atomic E-state index is 1.05. The van der Waals surface area contributed by atoms with Gasteiger partial charge in [0, 0.05) is 34.5 Å². The van der Waals surface area contributed by atoms with E-state index in [9.17, 15) is 0 Å². The van der Waals surface area contributed by atoms with Crippen molar-refractivity contribution in [1.82, 2.24) is 9.55 Å². The lowest BCUT2D eigenvalue weighted by Gasteiger charge is -2.09. The summed E-state index contributed by atoms with van der Waals surface area (Å²) < 4.78 is 2.18. The number of aryl methyl sites for hydroxylation is 1. The van der Waals surface area contributed by atoms with Gasteiger partial charge in [-0.15, -0.1) is 11.8 Å². The van der Waals surface area contributed by atoms with E-state index in [0.717, 1.165) is 5.65 Å². The maximum absolute atomic E-state index is 4.75. The number of pyridine rings is 1. The summed E-state index contributed by atoms with van der Waals surface area (Å²) >= 11 is 1.79. The van der Waals surface area contributed by atoms with Crippen molar-refractivity contribution in [2.45, 2.75) is 4.90 Å². The van der Waals surface area contributed by atoms with E-state index in [4.69, 9.17) is 4.98 Å². The van der Waals surface area contributed by atoms with Gasteiger partial charge in [-0.25, -0.2) is 4.98 Å². The van der Waals surface area contributed by atoms with Crippen molar-refractivity contribution in [3.63, 3.8) is 0 Å². The van der Waals surface area contributed by atoms with Gasteiger partial charge in [0.15, 0.2) is 0 Å². The van der Waals surface area contributed by atoms with E-state index in [0.29, 0.717) is 0 Å². The molecule has 22 heavy (non-hydrogen) atoms. The quantitative estimate of drug-likeness (QED) is 0.479. The summed E-state index contributed by atoms with van der Waals surface area (Å²) in [5.41, 5.74) is 4.70. The van der Waals surface area contributed by atoms with Gasteiger partial charge in [0.1, 0.15) is 5.65 Å². The molecule has 2 aromatic carbocycles. The monoisotopic (exact) mass is 304 g/mol. The summed E-state index contributed by atoms with van der Waals surface area (Å²) in [5.74, 6) is 0. The van der Waals surface area contributed by atoms with Crippen molar-refractivity contribution in [1.29, 1.82) is 0 Å². The molecule has 0 saturated carbocycles. The Bertz CT molecular complexity index is 971. The lowest BCUT2D eigenvalue weighted by molar-refractivity contribution is 0.988. The van der Waals surface area contributed by atoms with Gasteiger partial charge in [0.25, 0.3) is 0 Å². The Hall–Kier alpha value is -2.26. The molecular formula is C19H16N2S. The van der Waals surface area contributed by atoms with Gasteiger partial charge in [-0.1, -0.05) is 48.5 Å². The molecule has 0 atom stereocenters. The van der Waals surface area contributed by atoms with E-state index >= 15 is 0 Å². The van der Waals surface area contributed by atoms with Crippen LogP contribution in [-0.4, -0.2) is 15.8 Å². The predicted molar refractivity (Wildman–Crippen MR) is 95.4 cm³/mol. The van der Waals surface area contributed by atoms with Gasteiger partial charge in [0.05, 0.1) is 5.52 Å². The number of fused-ring (bicyclic) bond motifs is 3. The molecule has 0 bridgehead atoms. The zero-order valence-corrected chi connectivity index (χ0v) is 13.4. The fraction of sp³-hybridized carbons (Fsp3) is 0.105. The Morgan fingerprint density at radius 3 is 2.45 bits per heavy atom. The van der Waals surface area contributed by atoms with Crippen molar-refractivity contribution < 1.29 is 0 Å². The highest BCUT2D eigenvalue weighted by atomic mass is 32.2. The van der Waals surface area contributed by atoms with E-state index in [2.05, 4.69) is 66.4 Å². The van der Waals surface area contributed by atoms with Gasteiger partial charge in [-0.3, -0.25) is 0 Å². The molecule has 0 spiro atoms. The Morgan fingerprint density at radius 1 is 0.955 bits per heavy atom. The van der Waals surface area contributed by atoms with Gasteiger partial charge < -0.3 is 4.57 Å². The zero-order valence-electron chi connectivity index (χ0n) is 12.6. The van der Waals surface area contributed by atoms with Crippen molar-refractivity contribution in [3.8, 4) is 11.1 Å². The number of thioether (sulfide) groups is 1. The fourth-order valence-electron chi connectivity index (χ4n) is 3.11. The van der Waals surface area contributed by atoms with Crippen LogP contribution < -0.4 is 0 Å². The first-order valence-electron chi connectivity index (χ1n) is 7.27. The highest BCUT2D eigenvalue weighted by molar-refractivity contribution is 7.99. The van der Waals surface area contributed by atoms with Crippen LogP contribution in [0.3, 0.4) is 0 Å². The summed E-state index contributed by atoms with van der Waals surface area (Å²) in [6.07, 6.45) is 4.14. The molecule has 4 rings (SSSR count). The first-order valence-corrected chi connectivity index (χ1v) is 8.49. The average molecular weight is 304 g/mol. The zero-order chi connectivity index (χ0) is 15.1. The molecule has 4 aromatic rings. The van der Waals surface area contributed by atoms with Crippen LogP contribution in [0.25, 0.3) is 33.1 Å². The molecule has 2 heterocycles. The SMILES string of the molecule is CSc1c(-c2ccccc2)cnc2c1c1ccccc1n2C. The molecule has 0 radical (unpaired) electrons. The van der Waals surface area contributed by atoms with Crippen LogP contribution in [0.4, 0.5) is 0 Å². The Morgan fingerprint density at radius 2 is 1.68 bits per heavy atom. The molecule has 2 aromatic heterocycles. The Kier molecular flexibility index (Phi) is 3.16. The molecule has 108 valence electrons. The summed E-state index contributed by atoms with van der Waals surface area (Å²) in [7, 11) is 2.09. The molecular weight excluding hydrogens is 288 g/mol. The van der Waals surface area contributed by atoms with E-state index in [1.54, 1.807) is 11.8 Å². The molecule has 0 aliphatic heterocycles. The summed E-state index contributed by atoms with van der Waals surface area (Å²) in [6.45, 7) is 0. The van der Waals surface area contributed by atoms with Crippen LogP contribution in [0.1, 0.15) is 0 Å². The average Bonchev–Trinajstić information content (AvgIpc) is 2.88. The highest BCUT2D eigenvalue weighted by Gasteiger charge is 2.16. The largest absolute Gasteiger partial charge is 0.328 e. The van der Waals surface area contributed by atoms with Gasteiger partial charge >= 0.3 is 0 Å². The number of hydrogen-bond donors (Lipinski definition) is 0. The van der Waals surface area contributed by atoms with E-state index in [-0.39, 0.29) is 0 Å². The van der Waals surface area contributed by atoms with Crippen LogP contribution in [0.2, 0.25) is 0 Å². The van der Waals surface area contributed by atoms with Crippen LogP contribution in [-0.2, 0) is 7.05 Å². The van der Waals surface area contributed by atoms with E-state index in [1.165, 1.54) is 32.3 Å². The molecule has 0 unspecified atom stereocenters. The first kappa shape index (κ1) is 13.4. The molecule has 0 saturated heterocycles. The molecule has 0 amide bonds. The first-order chi connectivity index (χ1) is 10.8. The second-order valence-corrected chi connectivity index (χ2v) is 6.16. The summed E-state index contributed by atoms with van der Waals surface area (Å²) in [4.78, 5) is 6.05. The standard InChI is InChI=1S/C19H16N2S/c1-21-16-11-7-6-10-14(16)17-18(22-2)15(12-20-19(17)21)13-8-4-3-5-9-13/h3-12H,1-2H3. The summed E-state index contributed by atoms with van der Waals surface area (Å²) in [5, 5.41) is 2.53. The number of nitrogens with zero attached hydrogens (tertiary/aromatic N) is 2. The van der Waals surface area contributed by atoms with Gasteiger partial charge in [0.2, 0.25) is 0 Å². The number of hydrogen-bond acceptors (Lipinski definition) is 2. The number of rotatable bonds is 2. The predicted octanol–water partition coefficient (Wildman–Crippen LogP) is 5.12. The molecule has 2 nitrogen and oxygen atoms in total. The van der Waals surface area contributed by atoms with Crippen LogP contribution in [0, 0.1) is 0 Å². The third-order valence-electron chi connectivity index (χ3n) is 4.15. The molecule has 3 heteroatoms. The number of aromatic nitrogens is 2. The smallest absolute Gasteiger partial charge is 0.141 e. The van der Waals surface area contributed by atoms with Gasteiger partial charge in [-0.05, 0) is 17.9 Å². The number of para-hydroxylation sites is 1. The molecule has 0 fully saturated rings. The Balaban J connectivity index is 2.16. The molecule has 0 aliphatic carbocycles. The lowest BCUT2D eigenvalue weighted by Crippen LogP contribution is -1.91. The Labute approximate surface area is 133 Å². The van der Waals surface area contributed by atoms with Crippen LogP contribution in [0.15, 0.2) is 65.7 Å².